The zero-order valence-corrected chi connectivity index (χ0v) is 21.5. The first kappa shape index (κ1) is 25.7. The van der Waals surface area contributed by atoms with Crippen LogP contribution in [-0.2, 0) is 11.3 Å². The summed E-state index contributed by atoms with van der Waals surface area (Å²) < 4.78 is 38.1. The zero-order chi connectivity index (χ0) is 27.0. The molecule has 1 saturated heterocycles. The highest BCUT2D eigenvalue weighted by molar-refractivity contribution is 5.86. The van der Waals surface area contributed by atoms with Gasteiger partial charge in [0.2, 0.25) is 11.9 Å². The maximum atomic E-state index is 13.7. The van der Waals surface area contributed by atoms with Crippen molar-refractivity contribution < 1.29 is 27.8 Å². The summed E-state index contributed by atoms with van der Waals surface area (Å²) in [5, 5.41) is 2.49. The van der Waals surface area contributed by atoms with Gasteiger partial charge in [-0.3, -0.25) is 5.32 Å². The molecule has 1 aromatic carbocycles. The molecule has 12 heteroatoms. The topological polar surface area (TPSA) is 113 Å². The van der Waals surface area contributed by atoms with Gasteiger partial charge < -0.3 is 24.3 Å². The second-order valence-corrected chi connectivity index (χ2v) is 9.85. The number of benzene rings is 1. The Morgan fingerprint density at radius 2 is 1.92 bits per heavy atom. The molecule has 10 nitrogen and oxygen atoms in total. The summed E-state index contributed by atoms with van der Waals surface area (Å²) >= 11 is 0. The van der Waals surface area contributed by atoms with Crippen LogP contribution in [0, 0.1) is 12.8 Å². The second-order valence-electron chi connectivity index (χ2n) is 9.85. The molecule has 0 unspecified atom stereocenters. The Kier molecular flexibility index (Phi) is 6.80. The lowest BCUT2D eigenvalue weighted by Crippen LogP contribution is -2.48. The largest absolute Gasteiger partial charge is 0.491 e. The number of carbonyl (C=O) groups excluding carboxylic acids is 2. The molecular formula is C26H30F2N6O4. The van der Waals surface area contributed by atoms with E-state index in [1.54, 1.807) is 16.0 Å². The molecule has 3 amide bonds. The summed E-state index contributed by atoms with van der Waals surface area (Å²) in [5.41, 5.74) is 4.57. The summed E-state index contributed by atoms with van der Waals surface area (Å²) in [6, 6.07) is 5.70. The van der Waals surface area contributed by atoms with E-state index in [1.807, 2.05) is 25.1 Å². The highest BCUT2D eigenvalue weighted by Gasteiger charge is 2.38. The highest BCUT2D eigenvalue weighted by Crippen LogP contribution is 2.35. The third kappa shape index (κ3) is 5.20. The molecule has 2 aliphatic heterocycles. The normalized spacial score (nSPS) is 16.6. The molecule has 5 rings (SSSR count). The number of anilines is 1. The molecular weight excluding hydrogens is 498 g/mol. The van der Waals surface area contributed by atoms with Gasteiger partial charge in [0.05, 0.1) is 25.7 Å². The number of aryl methyl sites for hydroxylation is 1. The van der Waals surface area contributed by atoms with Crippen LogP contribution in [0.4, 0.5) is 24.3 Å². The van der Waals surface area contributed by atoms with Gasteiger partial charge in [-0.25, -0.2) is 23.4 Å². The molecule has 1 fully saturated rings. The van der Waals surface area contributed by atoms with E-state index in [0.29, 0.717) is 56.8 Å². The molecule has 0 bridgehead atoms. The van der Waals surface area contributed by atoms with E-state index < -0.39 is 17.9 Å². The number of hydrogen-bond acceptors (Lipinski definition) is 6. The fourth-order valence-corrected chi connectivity index (χ4v) is 5.09. The Labute approximate surface area is 218 Å². The fourth-order valence-electron chi connectivity index (χ4n) is 5.09. The Balaban J connectivity index is 1.36. The van der Waals surface area contributed by atoms with Crippen LogP contribution in [0.25, 0.3) is 22.3 Å². The molecule has 2 aliphatic rings. The van der Waals surface area contributed by atoms with Gasteiger partial charge in [-0.1, -0.05) is 0 Å². The number of halogens is 2. The number of piperidine rings is 1. The Hall–Kier alpha value is -3.96. The van der Waals surface area contributed by atoms with Crippen molar-refractivity contribution in [1.29, 1.82) is 0 Å². The number of urea groups is 1. The number of carbonyl (C=O) groups is 2. The van der Waals surface area contributed by atoms with Gasteiger partial charge in [0.25, 0.3) is 0 Å². The molecule has 0 aliphatic carbocycles. The Morgan fingerprint density at radius 1 is 1.16 bits per heavy atom. The lowest BCUT2D eigenvalue weighted by atomic mass is 9.91. The molecule has 2 aromatic heterocycles. The van der Waals surface area contributed by atoms with Crippen LogP contribution < -0.4 is 10.1 Å². The number of alkyl halides is 2. The number of imidazole rings is 1. The number of pyridine rings is 1. The van der Waals surface area contributed by atoms with Crippen LogP contribution in [-0.4, -0.2) is 76.1 Å². The predicted molar refractivity (Wildman–Crippen MR) is 136 cm³/mol. The number of nitrogens with one attached hydrogen (secondary N) is 2. The smallest absolute Gasteiger partial charge is 0.413 e. The number of aromatic amines is 1. The molecule has 0 atom stereocenters. The van der Waals surface area contributed by atoms with Crippen molar-refractivity contribution in [3.63, 3.8) is 0 Å². The van der Waals surface area contributed by atoms with Gasteiger partial charge in [0.1, 0.15) is 12.4 Å². The highest BCUT2D eigenvalue weighted by atomic mass is 19.3. The van der Waals surface area contributed by atoms with Crippen LogP contribution >= 0.6 is 0 Å². The summed E-state index contributed by atoms with van der Waals surface area (Å²) in [5.74, 6) is -2.46. The van der Waals surface area contributed by atoms with Crippen LogP contribution in [0.5, 0.6) is 5.75 Å². The molecule has 3 aromatic rings. The minimum absolute atomic E-state index is 0.159. The van der Waals surface area contributed by atoms with Gasteiger partial charge in [-0.05, 0) is 56.0 Å². The number of H-pyrrole nitrogens is 1. The number of likely N-dealkylation sites (tertiary alicyclic amines) is 1. The lowest BCUT2D eigenvalue weighted by molar-refractivity contribution is -0.0594. The molecule has 4 heterocycles. The predicted octanol–water partition coefficient (Wildman–Crippen LogP) is 4.79. The Bertz CT molecular complexity index is 1360. The van der Waals surface area contributed by atoms with Crippen LogP contribution in [0.1, 0.15) is 30.9 Å². The van der Waals surface area contributed by atoms with Gasteiger partial charge in [0.15, 0.2) is 5.65 Å². The van der Waals surface area contributed by atoms with E-state index in [0.717, 1.165) is 34.9 Å². The van der Waals surface area contributed by atoms with Crippen molar-refractivity contribution >= 4 is 29.2 Å². The van der Waals surface area contributed by atoms with Gasteiger partial charge in [-0.2, -0.15) is 4.98 Å². The fraction of sp³-hybridized carbons (Fsp3) is 0.462. The van der Waals surface area contributed by atoms with Crippen molar-refractivity contribution in [2.75, 3.05) is 38.7 Å². The number of methoxy groups -OCH3 is 1. The zero-order valence-electron chi connectivity index (χ0n) is 21.5. The third-order valence-electron chi connectivity index (χ3n) is 7.15. The van der Waals surface area contributed by atoms with Crippen molar-refractivity contribution in [2.24, 2.45) is 5.92 Å². The van der Waals surface area contributed by atoms with Crippen LogP contribution in [0.3, 0.4) is 0 Å². The quantitative estimate of drug-likeness (QED) is 0.505. The van der Waals surface area contributed by atoms with Crippen molar-refractivity contribution in [3.05, 3.63) is 35.5 Å². The van der Waals surface area contributed by atoms with Crippen molar-refractivity contribution in [2.45, 2.75) is 39.2 Å². The van der Waals surface area contributed by atoms with Gasteiger partial charge >= 0.3 is 12.1 Å². The second kappa shape index (κ2) is 10.1. The number of amides is 3. The molecule has 0 spiro atoms. The molecule has 0 saturated carbocycles. The van der Waals surface area contributed by atoms with E-state index >= 15 is 0 Å². The van der Waals surface area contributed by atoms with Crippen molar-refractivity contribution in [1.82, 2.24) is 24.8 Å². The number of aromatic nitrogens is 3. The minimum atomic E-state index is -2.73. The lowest BCUT2D eigenvalue weighted by Gasteiger charge is -2.37. The number of hydrogen-bond donors (Lipinski definition) is 2. The Morgan fingerprint density at radius 3 is 2.63 bits per heavy atom. The van der Waals surface area contributed by atoms with Crippen LogP contribution in [0.15, 0.2) is 24.4 Å². The third-order valence-corrected chi connectivity index (χ3v) is 7.15. The van der Waals surface area contributed by atoms with E-state index in [9.17, 15) is 18.4 Å². The molecule has 38 heavy (non-hydrogen) atoms. The van der Waals surface area contributed by atoms with Crippen LogP contribution in [0.2, 0.25) is 0 Å². The first-order valence-electron chi connectivity index (χ1n) is 12.5. The standard InChI is InChI=1S/C26H30F2N6O4/c1-15-10-16(17-12-20-22(29-13-17)31-23(30-20)32-24(35)37-3)11-18-14-34(8-9-38-21(15)18)25(36)33-6-4-19(5-7-33)26(2,27)28/h10-13,19H,4-9,14H2,1-3H3,(H2,29,30,31,32,35). The summed E-state index contributed by atoms with van der Waals surface area (Å²) in [4.78, 5) is 39.8. The van der Waals surface area contributed by atoms with Crippen molar-refractivity contribution in [3.8, 4) is 16.9 Å². The van der Waals surface area contributed by atoms with E-state index in [4.69, 9.17) is 4.74 Å². The minimum Gasteiger partial charge on any atom is -0.491 e. The number of nitrogens with zero attached hydrogens (tertiary/aromatic N) is 4. The summed E-state index contributed by atoms with van der Waals surface area (Å²) in [6.07, 6.45) is 1.64. The number of rotatable bonds is 3. The molecule has 0 radical (unpaired) electrons. The maximum Gasteiger partial charge on any atom is 0.413 e. The maximum absolute atomic E-state index is 13.7. The van der Waals surface area contributed by atoms with E-state index in [2.05, 4.69) is 25.0 Å². The summed E-state index contributed by atoms with van der Waals surface area (Å²) in [7, 11) is 1.27. The first-order chi connectivity index (χ1) is 18.1. The summed E-state index contributed by atoms with van der Waals surface area (Å²) in [6.45, 7) is 4.65. The molecule has 202 valence electrons. The SMILES string of the molecule is COC(=O)Nc1nc2ncc(-c3cc(C)c4c(c3)CN(C(=O)N3CCC(C(C)(F)F)CC3)CCO4)cc2[nH]1. The van der Waals surface area contributed by atoms with E-state index in [1.165, 1.54) is 7.11 Å². The monoisotopic (exact) mass is 528 g/mol. The average molecular weight is 529 g/mol. The first-order valence-corrected chi connectivity index (χ1v) is 12.5. The molecule has 2 N–H and O–H groups in total. The van der Waals surface area contributed by atoms with Gasteiger partial charge in [0, 0.05) is 36.3 Å². The number of ether oxygens (including phenoxy) is 2. The van der Waals surface area contributed by atoms with E-state index in [-0.39, 0.29) is 12.0 Å². The number of fused-ring (bicyclic) bond motifs is 2. The van der Waals surface area contributed by atoms with Gasteiger partial charge in [-0.15, -0.1) is 0 Å². The average Bonchev–Trinajstić information content (AvgIpc) is 3.16.